The van der Waals surface area contributed by atoms with Crippen LogP contribution in [0.3, 0.4) is 0 Å². The molecule has 0 heterocycles. The quantitative estimate of drug-likeness (QED) is 0.365. The number of methoxy groups -OCH3 is 2. The molecule has 1 atom stereocenters. The second-order valence-corrected chi connectivity index (χ2v) is 3.85. The average molecular weight is 259 g/mol. The predicted octanol–water partition coefficient (Wildman–Crippen LogP) is 0.273. The van der Waals surface area contributed by atoms with E-state index in [1.54, 1.807) is 14.0 Å². The minimum Gasteiger partial charge on any atom is -0.467 e. The van der Waals surface area contributed by atoms with Gasteiger partial charge in [-0.1, -0.05) is 5.57 Å². The number of carbonyl (C=O) groups is 2. The van der Waals surface area contributed by atoms with Gasteiger partial charge < -0.3 is 19.5 Å². The van der Waals surface area contributed by atoms with Crippen molar-refractivity contribution in [2.75, 3.05) is 34.0 Å². The Morgan fingerprint density at radius 3 is 2.44 bits per heavy atom. The summed E-state index contributed by atoms with van der Waals surface area (Å²) < 4.78 is 14.4. The van der Waals surface area contributed by atoms with E-state index in [1.165, 1.54) is 7.11 Å². The summed E-state index contributed by atoms with van der Waals surface area (Å²) in [6.45, 7) is 6.10. The van der Waals surface area contributed by atoms with Crippen LogP contribution < -0.4 is 5.32 Å². The largest absolute Gasteiger partial charge is 0.467 e. The highest BCUT2D eigenvalue weighted by atomic mass is 16.5. The molecule has 1 N–H and O–H groups in total. The minimum atomic E-state index is -0.717. The van der Waals surface area contributed by atoms with Crippen molar-refractivity contribution in [2.45, 2.75) is 19.4 Å². The molecule has 6 nitrogen and oxygen atoms in total. The summed E-state index contributed by atoms with van der Waals surface area (Å²) in [4.78, 5) is 22.9. The summed E-state index contributed by atoms with van der Waals surface area (Å²) in [5.74, 6) is -0.869. The van der Waals surface area contributed by atoms with Crippen molar-refractivity contribution >= 4 is 11.9 Å². The molecule has 0 fully saturated rings. The SMILES string of the molecule is C=C(C)C[C@H](NC(=O)COCCOC)C(=O)OC. The Morgan fingerprint density at radius 2 is 1.94 bits per heavy atom. The van der Waals surface area contributed by atoms with Crippen LogP contribution in [0.15, 0.2) is 12.2 Å². The van der Waals surface area contributed by atoms with Gasteiger partial charge in [0.05, 0.1) is 20.3 Å². The molecule has 104 valence electrons. The van der Waals surface area contributed by atoms with Crippen LogP contribution in [0.5, 0.6) is 0 Å². The number of carbonyl (C=O) groups excluding carboxylic acids is 2. The number of rotatable bonds is 9. The minimum absolute atomic E-state index is 0.118. The highest BCUT2D eigenvalue weighted by molar-refractivity contribution is 5.85. The van der Waals surface area contributed by atoms with Gasteiger partial charge in [0.1, 0.15) is 12.6 Å². The fourth-order valence-corrected chi connectivity index (χ4v) is 1.23. The highest BCUT2D eigenvalue weighted by Gasteiger charge is 2.21. The molecule has 0 radical (unpaired) electrons. The summed E-state index contributed by atoms with van der Waals surface area (Å²) in [5.41, 5.74) is 0.783. The standard InChI is InChI=1S/C12H21NO5/c1-9(2)7-10(12(15)17-4)13-11(14)8-18-6-5-16-3/h10H,1,5-8H2,2-4H3,(H,13,14)/t10-/m0/s1. The molecule has 0 saturated heterocycles. The van der Waals surface area contributed by atoms with Crippen LogP contribution in [0.25, 0.3) is 0 Å². The number of hydrogen-bond donors (Lipinski definition) is 1. The highest BCUT2D eigenvalue weighted by Crippen LogP contribution is 2.03. The second kappa shape index (κ2) is 9.61. The van der Waals surface area contributed by atoms with E-state index in [1.807, 2.05) is 0 Å². The zero-order valence-corrected chi connectivity index (χ0v) is 11.2. The Kier molecular flexibility index (Phi) is 8.86. The number of hydrogen-bond acceptors (Lipinski definition) is 5. The van der Waals surface area contributed by atoms with Crippen LogP contribution in [0.2, 0.25) is 0 Å². The maximum absolute atomic E-state index is 11.5. The fourth-order valence-electron chi connectivity index (χ4n) is 1.23. The maximum Gasteiger partial charge on any atom is 0.328 e. The monoisotopic (exact) mass is 259 g/mol. The van der Waals surface area contributed by atoms with E-state index in [-0.39, 0.29) is 12.5 Å². The van der Waals surface area contributed by atoms with Crippen LogP contribution in [-0.2, 0) is 23.8 Å². The molecular weight excluding hydrogens is 238 g/mol. The Labute approximate surface area is 107 Å². The first-order valence-electron chi connectivity index (χ1n) is 5.59. The van der Waals surface area contributed by atoms with Crippen molar-refractivity contribution in [3.8, 4) is 0 Å². The summed E-state index contributed by atoms with van der Waals surface area (Å²) in [5, 5.41) is 2.54. The first-order valence-corrected chi connectivity index (χ1v) is 5.59. The lowest BCUT2D eigenvalue weighted by Crippen LogP contribution is -2.43. The van der Waals surface area contributed by atoms with Crippen LogP contribution >= 0.6 is 0 Å². The molecule has 0 bridgehead atoms. The van der Waals surface area contributed by atoms with Crippen molar-refractivity contribution in [3.05, 3.63) is 12.2 Å². The molecule has 0 aromatic heterocycles. The van der Waals surface area contributed by atoms with Crippen LogP contribution in [0.1, 0.15) is 13.3 Å². The molecule has 0 aromatic rings. The van der Waals surface area contributed by atoms with E-state index in [4.69, 9.17) is 9.47 Å². The molecule has 0 aliphatic heterocycles. The number of esters is 1. The van der Waals surface area contributed by atoms with Gasteiger partial charge in [-0.15, -0.1) is 6.58 Å². The van der Waals surface area contributed by atoms with E-state index in [0.717, 1.165) is 5.57 Å². The molecule has 6 heteroatoms. The topological polar surface area (TPSA) is 73.9 Å². The van der Waals surface area contributed by atoms with Gasteiger partial charge in [0.25, 0.3) is 0 Å². The molecule has 0 aliphatic carbocycles. The third-order valence-electron chi connectivity index (χ3n) is 2.04. The van der Waals surface area contributed by atoms with E-state index >= 15 is 0 Å². The fraction of sp³-hybridized carbons (Fsp3) is 0.667. The molecule has 0 unspecified atom stereocenters. The van der Waals surface area contributed by atoms with E-state index in [2.05, 4.69) is 16.6 Å². The van der Waals surface area contributed by atoms with Crippen LogP contribution in [-0.4, -0.2) is 52.0 Å². The van der Waals surface area contributed by atoms with Crippen molar-refractivity contribution < 1.29 is 23.8 Å². The van der Waals surface area contributed by atoms with Gasteiger partial charge in [-0.3, -0.25) is 4.79 Å². The smallest absolute Gasteiger partial charge is 0.328 e. The number of amides is 1. The van der Waals surface area contributed by atoms with Gasteiger partial charge in [-0.05, 0) is 13.3 Å². The van der Waals surface area contributed by atoms with Gasteiger partial charge in [-0.25, -0.2) is 4.79 Å². The normalized spacial score (nSPS) is 11.7. The Bertz CT molecular complexity index is 290. The molecule has 0 spiro atoms. The lowest BCUT2D eigenvalue weighted by molar-refractivity contribution is -0.145. The van der Waals surface area contributed by atoms with Gasteiger partial charge in [0, 0.05) is 7.11 Å². The van der Waals surface area contributed by atoms with Crippen molar-refractivity contribution in [1.29, 1.82) is 0 Å². The van der Waals surface area contributed by atoms with E-state index < -0.39 is 12.0 Å². The Balaban J connectivity index is 4.10. The molecule has 1 amide bonds. The Morgan fingerprint density at radius 1 is 1.28 bits per heavy atom. The van der Waals surface area contributed by atoms with Gasteiger partial charge in [0.15, 0.2) is 0 Å². The first kappa shape index (κ1) is 16.6. The van der Waals surface area contributed by atoms with Gasteiger partial charge in [0.2, 0.25) is 5.91 Å². The summed E-state index contributed by atoms with van der Waals surface area (Å²) in [7, 11) is 2.82. The maximum atomic E-state index is 11.5. The summed E-state index contributed by atoms with van der Waals surface area (Å²) in [6, 6.07) is -0.717. The van der Waals surface area contributed by atoms with Gasteiger partial charge >= 0.3 is 5.97 Å². The lowest BCUT2D eigenvalue weighted by Gasteiger charge is -2.16. The molecule has 18 heavy (non-hydrogen) atoms. The number of nitrogens with one attached hydrogen (secondary N) is 1. The molecule has 0 rings (SSSR count). The van der Waals surface area contributed by atoms with Gasteiger partial charge in [-0.2, -0.15) is 0 Å². The zero-order chi connectivity index (χ0) is 14.0. The average Bonchev–Trinajstić information content (AvgIpc) is 2.32. The molecule has 0 saturated carbocycles. The second-order valence-electron chi connectivity index (χ2n) is 3.85. The predicted molar refractivity (Wildman–Crippen MR) is 66.1 cm³/mol. The lowest BCUT2D eigenvalue weighted by atomic mass is 10.1. The van der Waals surface area contributed by atoms with Crippen LogP contribution in [0, 0.1) is 0 Å². The molecule has 0 aromatic carbocycles. The van der Waals surface area contributed by atoms with Crippen molar-refractivity contribution in [1.82, 2.24) is 5.32 Å². The first-order chi connectivity index (χ1) is 8.51. The molecular formula is C12H21NO5. The Hall–Kier alpha value is -1.40. The van der Waals surface area contributed by atoms with Crippen molar-refractivity contribution in [3.63, 3.8) is 0 Å². The van der Waals surface area contributed by atoms with E-state index in [9.17, 15) is 9.59 Å². The summed E-state index contributed by atoms with van der Waals surface area (Å²) in [6.07, 6.45) is 0.344. The number of ether oxygens (including phenoxy) is 3. The van der Waals surface area contributed by atoms with Crippen molar-refractivity contribution in [2.24, 2.45) is 0 Å². The van der Waals surface area contributed by atoms with Crippen LogP contribution in [0.4, 0.5) is 0 Å². The molecule has 0 aliphatic rings. The third kappa shape index (κ3) is 7.81. The zero-order valence-electron chi connectivity index (χ0n) is 11.2. The summed E-state index contributed by atoms with van der Waals surface area (Å²) >= 11 is 0. The van der Waals surface area contributed by atoms with E-state index in [0.29, 0.717) is 19.6 Å². The third-order valence-corrected chi connectivity index (χ3v) is 2.04.